The quantitative estimate of drug-likeness (QED) is 0.303. The first-order valence-corrected chi connectivity index (χ1v) is 8.85. The molecule has 5 nitrogen and oxygen atoms in total. The number of halogens is 2. The molecule has 1 saturated heterocycles. The molecule has 1 aliphatic heterocycles. The predicted octanol–water partition coefficient (Wildman–Crippen LogP) is 3.28. The molecule has 0 aromatic carbocycles. The zero-order valence-electron chi connectivity index (χ0n) is 14.8. The van der Waals surface area contributed by atoms with Gasteiger partial charge < -0.3 is 15.5 Å². The summed E-state index contributed by atoms with van der Waals surface area (Å²) in [6.07, 6.45) is 4.09. The van der Waals surface area contributed by atoms with Crippen LogP contribution in [0.25, 0.3) is 0 Å². The zero-order valence-corrected chi connectivity index (χ0v) is 17.8. The van der Waals surface area contributed by atoms with E-state index in [1.807, 2.05) is 6.07 Å². The number of aromatic nitrogens is 1. The summed E-state index contributed by atoms with van der Waals surface area (Å²) in [7, 11) is 0. The van der Waals surface area contributed by atoms with Gasteiger partial charge in [-0.05, 0) is 45.2 Å². The lowest BCUT2D eigenvalue weighted by atomic mass is 10.0. The maximum absolute atomic E-state index is 5.81. The van der Waals surface area contributed by atoms with Crippen molar-refractivity contribution in [2.24, 2.45) is 4.99 Å². The molecule has 2 N–H and O–H groups in total. The summed E-state index contributed by atoms with van der Waals surface area (Å²) in [4.78, 5) is 11.3. The normalized spacial score (nSPS) is 16.8. The first-order valence-electron chi connectivity index (χ1n) is 8.47. The van der Waals surface area contributed by atoms with E-state index < -0.39 is 0 Å². The third-order valence-electron chi connectivity index (χ3n) is 4.15. The lowest BCUT2D eigenvalue weighted by molar-refractivity contribution is 0.167. The Morgan fingerprint density at radius 1 is 1.38 bits per heavy atom. The summed E-state index contributed by atoms with van der Waals surface area (Å²) in [5.74, 6) is 0.880. The van der Waals surface area contributed by atoms with E-state index in [0.717, 1.165) is 44.0 Å². The fraction of sp³-hybridized carbons (Fsp3) is 0.647. The molecule has 0 radical (unpaired) electrons. The SMILES string of the molecule is CCNC(=NCc1ccc(Cl)nc1)NC1CCN(C(C)C)CC1.I. The first-order chi connectivity index (χ1) is 11.1. The van der Waals surface area contributed by atoms with Gasteiger partial charge in [0, 0.05) is 37.9 Å². The number of guanidine groups is 1. The predicted molar refractivity (Wildman–Crippen MR) is 112 cm³/mol. The molecule has 1 aromatic heterocycles. The molecule has 1 fully saturated rings. The third kappa shape index (κ3) is 7.11. The van der Waals surface area contributed by atoms with Crippen molar-refractivity contribution in [1.29, 1.82) is 0 Å². The number of aliphatic imine (C=N–C) groups is 1. The van der Waals surface area contributed by atoms with Gasteiger partial charge in [-0.3, -0.25) is 0 Å². The molecule has 0 atom stereocenters. The molecule has 0 amide bonds. The molecule has 0 spiro atoms. The van der Waals surface area contributed by atoms with Crippen LogP contribution in [0, 0.1) is 0 Å². The molecular formula is C17H29ClIN5. The van der Waals surface area contributed by atoms with Crippen molar-refractivity contribution in [2.75, 3.05) is 19.6 Å². The van der Waals surface area contributed by atoms with Gasteiger partial charge in [0.25, 0.3) is 0 Å². The second-order valence-corrected chi connectivity index (χ2v) is 6.62. The average molecular weight is 466 g/mol. The Kier molecular flexibility index (Phi) is 9.92. The molecule has 7 heteroatoms. The number of piperidine rings is 1. The van der Waals surface area contributed by atoms with Gasteiger partial charge >= 0.3 is 0 Å². The molecule has 0 unspecified atom stereocenters. The van der Waals surface area contributed by atoms with Gasteiger partial charge in [-0.1, -0.05) is 17.7 Å². The van der Waals surface area contributed by atoms with Crippen molar-refractivity contribution >= 4 is 41.5 Å². The molecule has 24 heavy (non-hydrogen) atoms. The molecule has 2 heterocycles. The lowest BCUT2D eigenvalue weighted by Gasteiger charge is -2.35. The van der Waals surface area contributed by atoms with Crippen LogP contribution in [0.1, 0.15) is 39.2 Å². The average Bonchev–Trinajstić information content (AvgIpc) is 2.55. The van der Waals surface area contributed by atoms with Crippen LogP contribution in [0.5, 0.6) is 0 Å². The molecule has 0 saturated carbocycles. The van der Waals surface area contributed by atoms with Crippen LogP contribution < -0.4 is 10.6 Å². The summed E-state index contributed by atoms with van der Waals surface area (Å²) in [5, 5.41) is 7.40. The molecular weight excluding hydrogens is 437 g/mol. The highest BCUT2D eigenvalue weighted by molar-refractivity contribution is 14.0. The van der Waals surface area contributed by atoms with E-state index in [0.29, 0.717) is 23.8 Å². The molecule has 1 aliphatic rings. The standard InChI is InChI=1S/C17H28ClN5.HI/c1-4-19-17(21-12-14-5-6-16(18)20-11-14)22-15-7-9-23(10-8-15)13(2)3;/h5-6,11,13,15H,4,7-10,12H2,1-3H3,(H2,19,21,22);1H. The van der Waals surface area contributed by atoms with Crippen LogP contribution in [0.2, 0.25) is 5.15 Å². The topological polar surface area (TPSA) is 52.6 Å². The van der Waals surface area contributed by atoms with E-state index in [4.69, 9.17) is 11.6 Å². The number of pyridine rings is 1. The Balaban J connectivity index is 0.00000288. The smallest absolute Gasteiger partial charge is 0.191 e. The maximum atomic E-state index is 5.81. The Morgan fingerprint density at radius 3 is 2.62 bits per heavy atom. The van der Waals surface area contributed by atoms with Crippen molar-refractivity contribution in [3.8, 4) is 0 Å². The van der Waals surface area contributed by atoms with Crippen molar-refractivity contribution in [2.45, 2.75) is 52.2 Å². The summed E-state index contributed by atoms with van der Waals surface area (Å²) in [5.41, 5.74) is 1.06. The maximum Gasteiger partial charge on any atom is 0.191 e. The number of rotatable bonds is 5. The van der Waals surface area contributed by atoms with Crippen LogP contribution in [-0.4, -0.2) is 47.6 Å². The summed E-state index contributed by atoms with van der Waals surface area (Å²) < 4.78 is 0. The van der Waals surface area contributed by atoms with E-state index >= 15 is 0 Å². The Hall–Kier alpha value is -0.600. The second-order valence-electron chi connectivity index (χ2n) is 6.23. The van der Waals surface area contributed by atoms with Crippen LogP contribution in [-0.2, 0) is 6.54 Å². The van der Waals surface area contributed by atoms with Crippen molar-refractivity contribution in [1.82, 2.24) is 20.5 Å². The zero-order chi connectivity index (χ0) is 16.7. The largest absolute Gasteiger partial charge is 0.357 e. The van der Waals surface area contributed by atoms with E-state index in [1.165, 1.54) is 0 Å². The minimum atomic E-state index is 0. The Morgan fingerprint density at radius 2 is 2.08 bits per heavy atom. The molecule has 136 valence electrons. The Labute approximate surface area is 167 Å². The lowest BCUT2D eigenvalue weighted by Crippen LogP contribution is -2.49. The van der Waals surface area contributed by atoms with Crippen LogP contribution in [0.15, 0.2) is 23.3 Å². The summed E-state index contributed by atoms with van der Waals surface area (Å²) >= 11 is 5.81. The van der Waals surface area contributed by atoms with Gasteiger partial charge in [-0.25, -0.2) is 9.98 Å². The Bertz CT molecular complexity index is 498. The van der Waals surface area contributed by atoms with E-state index in [9.17, 15) is 0 Å². The second kappa shape index (κ2) is 11.1. The number of nitrogens with one attached hydrogen (secondary N) is 2. The molecule has 2 rings (SSSR count). The van der Waals surface area contributed by atoms with E-state index in [-0.39, 0.29) is 24.0 Å². The minimum absolute atomic E-state index is 0. The van der Waals surface area contributed by atoms with Crippen LogP contribution in [0.3, 0.4) is 0 Å². The van der Waals surface area contributed by atoms with Crippen molar-refractivity contribution in [3.05, 3.63) is 29.0 Å². The number of hydrogen-bond acceptors (Lipinski definition) is 3. The molecule has 1 aromatic rings. The third-order valence-corrected chi connectivity index (χ3v) is 4.38. The minimum Gasteiger partial charge on any atom is -0.357 e. The number of likely N-dealkylation sites (tertiary alicyclic amines) is 1. The highest BCUT2D eigenvalue weighted by Gasteiger charge is 2.21. The summed E-state index contributed by atoms with van der Waals surface area (Å²) in [6.45, 7) is 10.4. The molecule has 0 aliphatic carbocycles. The number of nitrogens with zero attached hydrogens (tertiary/aromatic N) is 3. The monoisotopic (exact) mass is 465 g/mol. The van der Waals surface area contributed by atoms with Gasteiger partial charge in [0.15, 0.2) is 5.96 Å². The fourth-order valence-electron chi connectivity index (χ4n) is 2.74. The van der Waals surface area contributed by atoms with Gasteiger partial charge in [0.1, 0.15) is 5.15 Å². The van der Waals surface area contributed by atoms with Crippen molar-refractivity contribution < 1.29 is 0 Å². The van der Waals surface area contributed by atoms with Gasteiger partial charge in [-0.2, -0.15) is 0 Å². The van der Waals surface area contributed by atoms with Crippen LogP contribution >= 0.6 is 35.6 Å². The molecule has 0 bridgehead atoms. The van der Waals surface area contributed by atoms with Gasteiger partial charge in [0.2, 0.25) is 0 Å². The fourth-order valence-corrected chi connectivity index (χ4v) is 2.86. The van der Waals surface area contributed by atoms with Gasteiger partial charge in [0.05, 0.1) is 6.54 Å². The van der Waals surface area contributed by atoms with Crippen LogP contribution in [0.4, 0.5) is 0 Å². The highest BCUT2D eigenvalue weighted by atomic mass is 127. The van der Waals surface area contributed by atoms with Crippen molar-refractivity contribution in [3.63, 3.8) is 0 Å². The first kappa shape index (κ1) is 21.4. The summed E-state index contributed by atoms with van der Waals surface area (Å²) in [6, 6.07) is 4.89. The number of hydrogen-bond donors (Lipinski definition) is 2. The van der Waals surface area contributed by atoms with E-state index in [1.54, 1.807) is 12.3 Å². The van der Waals surface area contributed by atoms with Gasteiger partial charge in [-0.15, -0.1) is 24.0 Å². The van der Waals surface area contributed by atoms with E-state index in [2.05, 4.69) is 46.3 Å². The highest BCUT2D eigenvalue weighted by Crippen LogP contribution is 2.13.